The second kappa shape index (κ2) is 5.79. The normalized spacial score (nSPS) is 15.0. The van der Waals surface area contributed by atoms with E-state index in [4.69, 9.17) is 10.8 Å². The lowest BCUT2D eigenvalue weighted by Gasteiger charge is -2.18. The fourth-order valence-corrected chi connectivity index (χ4v) is 2.13. The summed E-state index contributed by atoms with van der Waals surface area (Å²) >= 11 is 1.16. The van der Waals surface area contributed by atoms with E-state index in [0.29, 0.717) is 10.8 Å². The second-order valence-electron chi connectivity index (χ2n) is 4.20. The Morgan fingerprint density at radius 3 is 2.53 bits per heavy atom. The molecule has 4 nitrogen and oxygen atoms in total. The molecule has 0 aliphatic heterocycles. The first-order valence-electron chi connectivity index (χ1n) is 5.31. The van der Waals surface area contributed by atoms with E-state index < -0.39 is 23.2 Å². The van der Waals surface area contributed by atoms with Gasteiger partial charge >= 0.3 is 12.1 Å². The maximum atomic E-state index is 12.3. The number of carboxylic acids is 1. The summed E-state index contributed by atoms with van der Waals surface area (Å²) in [5.41, 5.74) is 3.36. The molecule has 0 radical (unpaired) electrons. The first kappa shape index (κ1) is 15.8. The molecule has 1 aromatic rings. The lowest BCUT2D eigenvalue weighted by molar-refractivity contribution is -0.142. The Kier molecular flexibility index (Phi) is 4.81. The van der Waals surface area contributed by atoms with Crippen molar-refractivity contribution in [1.82, 2.24) is 4.98 Å². The quantitative estimate of drug-likeness (QED) is 0.815. The maximum Gasteiger partial charge on any atom is 0.417 e. The van der Waals surface area contributed by atoms with Gasteiger partial charge in [0.05, 0.1) is 10.6 Å². The van der Waals surface area contributed by atoms with E-state index in [9.17, 15) is 18.0 Å². The Hall–Kier alpha value is -1.28. The molecular weight excluding hydrogens is 281 g/mol. The van der Waals surface area contributed by atoms with Crippen LogP contribution in [0.5, 0.6) is 0 Å². The van der Waals surface area contributed by atoms with Crippen LogP contribution in [-0.4, -0.2) is 27.4 Å². The maximum absolute atomic E-state index is 12.3. The number of nitrogens with zero attached hydrogens (tertiary/aromatic N) is 1. The summed E-state index contributed by atoms with van der Waals surface area (Å²) in [6.45, 7) is 1.38. The zero-order valence-electron chi connectivity index (χ0n) is 10.1. The number of nitrogens with two attached hydrogens (primary N) is 1. The molecule has 0 saturated carbocycles. The molecule has 0 spiro atoms. The molecule has 0 fully saturated rings. The third-order valence-corrected chi connectivity index (χ3v) is 3.37. The van der Waals surface area contributed by atoms with Crippen LogP contribution in [0, 0.1) is 0 Å². The molecule has 1 heterocycles. The molecule has 1 rings (SSSR count). The fraction of sp³-hybridized carbons (Fsp3) is 0.455. The van der Waals surface area contributed by atoms with Crippen LogP contribution in [0.1, 0.15) is 18.9 Å². The number of halogens is 3. The summed E-state index contributed by atoms with van der Waals surface area (Å²) in [4.78, 5) is 14.4. The standard InChI is InChI=1S/C11H13F3N2O2S/c1-10(15,9(17)18)4-5-19-8-3-2-7(6-16-8)11(12,13)14/h2-3,6H,4-5,15H2,1H3,(H,17,18). The van der Waals surface area contributed by atoms with Crippen molar-refractivity contribution in [3.63, 3.8) is 0 Å². The van der Waals surface area contributed by atoms with Gasteiger partial charge in [0.1, 0.15) is 5.54 Å². The lowest BCUT2D eigenvalue weighted by atomic mass is 10.0. The molecular formula is C11H13F3N2O2S. The van der Waals surface area contributed by atoms with Crippen LogP contribution in [0.4, 0.5) is 13.2 Å². The largest absolute Gasteiger partial charge is 0.480 e. The van der Waals surface area contributed by atoms with Crippen molar-refractivity contribution in [2.75, 3.05) is 5.75 Å². The van der Waals surface area contributed by atoms with Crippen LogP contribution >= 0.6 is 11.8 Å². The third-order valence-electron chi connectivity index (χ3n) is 2.42. The number of carbonyl (C=O) groups is 1. The van der Waals surface area contributed by atoms with E-state index >= 15 is 0 Å². The SMILES string of the molecule is CC(N)(CCSc1ccc(C(F)(F)F)cn1)C(=O)O. The molecule has 1 atom stereocenters. The molecule has 1 unspecified atom stereocenters. The van der Waals surface area contributed by atoms with Crippen molar-refractivity contribution in [1.29, 1.82) is 0 Å². The van der Waals surface area contributed by atoms with Gasteiger partial charge in [-0.3, -0.25) is 4.79 Å². The highest BCUT2D eigenvalue weighted by Gasteiger charge is 2.31. The third kappa shape index (κ3) is 4.71. The number of rotatable bonds is 5. The summed E-state index contributed by atoms with van der Waals surface area (Å²) in [5.74, 6) is -0.758. The average Bonchev–Trinajstić information content (AvgIpc) is 2.28. The highest BCUT2D eigenvalue weighted by molar-refractivity contribution is 7.99. The van der Waals surface area contributed by atoms with Crippen LogP contribution in [0.2, 0.25) is 0 Å². The molecule has 19 heavy (non-hydrogen) atoms. The molecule has 0 saturated heterocycles. The minimum atomic E-state index is -4.41. The van der Waals surface area contributed by atoms with Gasteiger partial charge in [0.25, 0.3) is 0 Å². The van der Waals surface area contributed by atoms with Gasteiger partial charge < -0.3 is 10.8 Å². The van der Waals surface area contributed by atoms with Gasteiger partial charge in [0.2, 0.25) is 0 Å². The van der Waals surface area contributed by atoms with Crippen LogP contribution < -0.4 is 5.73 Å². The summed E-state index contributed by atoms with van der Waals surface area (Å²) < 4.78 is 36.9. The van der Waals surface area contributed by atoms with Crippen molar-refractivity contribution in [3.8, 4) is 0 Å². The number of thioether (sulfide) groups is 1. The van der Waals surface area contributed by atoms with Gasteiger partial charge in [-0.25, -0.2) is 4.98 Å². The van der Waals surface area contributed by atoms with Gasteiger partial charge in [0.15, 0.2) is 0 Å². The number of alkyl halides is 3. The Bertz CT molecular complexity index is 446. The van der Waals surface area contributed by atoms with Crippen LogP contribution in [0.15, 0.2) is 23.4 Å². The molecule has 0 amide bonds. The molecule has 0 aliphatic carbocycles. The van der Waals surface area contributed by atoms with Crippen LogP contribution in [-0.2, 0) is 11.0 Å². The van der Waals surface area contributed by atoms with E-state index in [2.05, 4.69) is 4.98 Å². The van der Waals surface area contributed by atoms with Gasteiger partial charge in [-0.1, -0.05) is 0 Å². The summed E-state index contributed by atoms with van der Waals surface area (Å²) in [6.07, 6.45) is -3.47. The first-order chi connectivity index (χ1) is 8.63. The van der Waals surface area contributed by atoms with Crippen molar-refractivity contribution in [3.05, 3.63) is 23.9 Å². The predicted octanol–water partition coefficient (Wildman–Crippen LogP) is 2.38. The van der Waals surface area contributed by atoms with Gasteiger partial charge in [-0.05, 0) is 25.5 Å². The van der Waals surface area contributed by atoms with Crippen molar-refractivity contribution in [2.45, 2.75) is 30.1 Å². The van der Waals surface area contributed by atoms with Gasteiger partial charge in [-0.2, -0.15) is 13.2 Å². The molecule has 3 N–H and O–H groups in total. The van der Waals surface area contributed by atoms with E-state index in [-0.39, 0.29) is 6.42 Å². The second-order valence-corrected chi connectivity index (χ2v) is 5.32. The Balaban J connectivity index is 2.54. The highest BCUT2D eigenvalue weighted by Crippen LogP contribution is 2.29. The van der Waals surface area contributed by atoms with Gasteiger partial charge in [-0.15, -0.1) is 11.8 Å². The fourth-order valence-electron chi connectivity index (χ4n) is 1.11. The number of hydrogen-bond acceptors (Lipinski definition) is 4. The Morgan fingerprint density at radius 1 is 1.47 bits per heavy atom. The number of pyridine rings is 1. The molecule has 0 aromatic carbocycles. The van der Waals surface area contributed by atoms with E-state index in [1.165, 1.54) is 13.0 Å². The molecule has 8 heteroatoms. The van der Waals surface area contributed by atoms with Crippen LogP contribution in [0.3, 0.4) is 0 Å². The smallest absolute Gasteiger partial charge is 0.417 e. The number of carboxylic acid groups (broad SMARTS) is 1. The van der Waals surface area contributed by atoms with Gasteiger partial charge in [0, 0.05) is 11.9 Å². The van der Waals surface area contributed by atoms with Crippen LogP contribution in [0.25, 0.3) is 0 Å². The summed E-state index contributed by atoms with van der Waals surface area (Å²) in [7, 11) is 0. The highest BCUT2D eigenvalue weighted by atomic mass is 32.2. The minimum Gasteiger partial charge on any atom is -0.480 e. The van der Waals surface area contributed by atoms with Crippen molar-refractivity contribution >= 4 is 17.7 Å². The number of aliphatic carboxylic acids is 1. The van der Waals surface area contributed by atoms with E-state index in [1.54, 1.807) is 0 Å². The minimum absolute atomic E-state index is 0.190. The van der Waals surface area contributed by atoms with E-state index in [0.717, 1.165) is 24.0 Å². The lowest BCUT2D eigenvalue weighted by Crippen LogP contribution is -2.45. The number of hydrogen-bond donors (Lipinski definition) is 2. The molecule has 0 bridgehead atoms. The Labute approximate surface area is 112 Å². The Morgan fingerprint density at radius 2 is 2.11 bits per heavy atom. The van der Waals surface area contributed by atoms with Crippen molar-refractivity contribution in [2.24, 2.45) is 5.73 Å². The summed E-state index contributed by atoms with van der Waals surface area (Å²) in [6, 6.07) is 2.19. The topological polar surface area (TPSA) is 76.2 Å². The van der Waals surface area contributed by atoms with E-state index in [1.807, 2.05) is 0 Å². The number of aromatic nitrogens is 1. The average molecular weight is 294 g/mol. The molecule has 0 aliphatic rings. The zero-order chi connectivity index (χ0) is 14.7. The van der Waals surface area contributed by atoms with Crippen molar-refractivity contribution < 1.29 is 23.1 Å². The summed E-state index contributed by atoms with van der Waals surface area (Å²) in [5, 5.41) is 9.19. The zero-order valence-corrected chi connectivity index (χ0v) is 10.9. The monoisotopic (exact) mass is 294 g/mol. The predicted molar refractivity (Wildman–Crippen MR) is 64.8 cm³/mol. The molecule has 1 aromatic heterocycles. The first-order valence-corrected chi connectivity index (χ1v) is 6.30. The molecule has 106 valence electrons.